The molecule has 4 heteroatoms. The van der Waals surface area contributed by atoms with E-state index in [4.69, 9.17) is 0 Å². The Morgan fingerprint density at radius 3 is 2.67 bits per heavy atom. The summed E-state index contributed by atoms with van der Waals surface area (Å²) in [5.41, 5.74) is 1.05. The molecule has 1 N–H and O–H groups in total. The second-order valence-electron chi connectivity index (χ2n) is 2.62. The molecule has 0 aliphatic heterocycles. The summed E-state index contributed by atoms with van der Waals surface area (Å²) < 4.78 is 0. The summed E-state index contributed by atoms with van der Waals surface area (Å²) in [5, 5.41) is 3.09. The Hall–Kier alpha value is -1.16. The summed E-state index contributed by atoms with van der Waals surface area (Å²) in [7, 11) is 3.96. The molecule has 0 unspecified atom stereocenters. The van der Waals surface area contributed by atoms with Crippen molar-refractivity contribution in [2.75, 3.05) is 32.1 Å². The van der Waals surface area contributed by atoms with Gasteiger partial charge in [0.05, 0.1) is 18.1 Å². The Bertz CT molecular complexity index is 212. The van der Waals surface area contributed by atoms with Gasteiger partial charge in [-0.05, 0) is 7.05 Å². The number of aromatic nitrogens is 2. The number of hydrogen-bond donors (Lipinski definition) is 1. The Kier molecular flexibility index (Phi) is 3.47. The van der Waals surface area contributed by atoms with E-state index in [1.165, 1.54) is 6.33 Å². The van der Waals surface area contributed by atoms with Crippen LogP contribution >= 0.6 is 0 Å². The zero-order valence-electron chi connectivity index (χ0n) is 7.49. The van der Waals surface area contributed by atoms with Crippen LogP contribution in [0.25, 0.3) is 0 Å². The molecule has 0 saturated carbocycles. The first-order valence-corrected chi connectivity index (χ1v) is 3.95. The lowest BCUT2D eigenvalue weighted by molar-refractivity contribution is 0.765. The van der Waals surface area contributed by atoms with Crippen LogP contribution in [0.5, 0.6) is 0 Å². The van der Waals surface area contributed by atoms with E-state index in [1.807, 2.05) is 26.5 Å². The zero-order chi connectivity index (χ0) is 8.81. The van der Waals surface area contributed by atoms with Crippen molar-refractivity contribution in [3.63, 3.8) is 0 Å². The molecule has 1 aromatic rings. The quantitative estimate of drug-likeness (QED) is 0.690. The fourth-order valence-corrected chi connectivity index (χ4v) is 0.897. The predicted octanol–water partition coefficient (Wildman–Crippen LogP) is 0.132. The maximum Gasteiger partial charge on any atom is 0.115 e. The molecule has 0 aliphatic rings. The molecule has 0 aromatic carbocycles. The molecule has 4 nitrogen and oxygen atoms in total. The highest BCUT2D eigenvalue weighted by molar-refractivity contribution is 5.40. The minimum absolute atomic E-state index is 0.962. The molecule has 1 heterocycles. The van der Waals surface area contributed by atoms with Gasteiger partial charge in [-0.3, -0.25) is 0 Å². The van der Waals surface area contributed by atoms with Crippen LogP contribution in [0.3, 0.4) is 0 Å². The van der Waals surface area contributed by atoms with Gasteiger partial charge < -0.3 is 10.2 Å². The summed E-state index contributed by atoms with van der Waals surface area (Å²) in [5.74, 6) is 0. The van der Waals surface area contributed by atoms with E-state index >= 15 is 0 Å². The molecule has 0 atom stereocenters. The number of hydrogen-bond acceptors (Lipinski definition) is 4. The molecule has 0 fully saturated rings. The van der Waals surface area contributed by atoms with E-state index in [0.717, 1.165) is 18.8 Å². The molecule has 0 bridgehead atoms. The fourth-order valence-electron chi connectivity index (χ4n) is 0.897. The van der Waals surface area contributed by atoms with Gasteiger partial charge in [-0.15, -0.1) is 0 Å². The van der Waals surface area contributed by atoms with Crippen molar-refractivity contribution in [1.29, 1.82) is 0 Å². The average molecular weight is 166 g/mol. The van der Waals surface area contributed by atoms with Gasteiger partial charge in [0.15, 0.2) is 0 Å². The Morgan fingerprint density at radius 1 is 1.42 bits per heavy atom. The SMILES string of the molecule is CNCCN(C)c1cncnc1. The number of rotatable bonds is 4. The van der Waals surface area contributed by atoms with Crippen molar-refractivity contribution in [3.05, 3.63) is 18.7 Å². The topological polar surface area (TPSA) is 41.0 Å². The monoisotopic (exact) mass is 166 g/mol. The van der Waals surface area contributed by atoms with Crippen molar-refractivity contribution in [2.24, 2.45) is 0 Å². The zero-order valence-corrected chi connectivity index (χ0v) is 7.49. The van der Waals surface area contributed by atoms with E-state index in [9.17, 15) is 0 Å². The van der Waals surface area contributed by atoms with Gasteiger partial charge in [-0.2, -0.15) is 0 Å². The molecular formula is C8H14N4. The number of likely N-dealkylation sites (N-methyl/N-ethyl adjacent to an activating group) is 2. The highest BCUT2D eigenvalue weighted by Crippen LogP contribution is 2.05. The van der Waals surface area contributed by atoms with Crippen molar-refractivity contribution in [1.82, 2.24) is 15.3 Å². The first-order valence-electron chi connectivity index (χ1n) is 3.95. The lowest BCUT2D eigenvalue weighted by Crippen LogP contribution is -2.27. The van der Waals surface area contributed by atoms with Crippen molar-refractivity contribution >= 4 is 5.69 Å². The highest BCUT2D eigenvalue weighted by Gasteiger charge is 1.98. The van der Waals surface area contributed by atoms with Gasteiger partial charge in [0.1, 0.15) is 6.33 Å². The molecule has 0 amide bonds. The van der Waals surface area contributed by atoms with Gasteiger partial charge in [0.25, 0.3) is 0 Å². The van der Waals surface area contributed by atoms with Gasteiger partial charge in [0.2, 0.25) is 0 Å². The molecule has 12 heavy (non-hydrogen) atoms. The molecule has 1 rings (SSSR count). The first kappa shape index (κ1) is 8.93. The van der Waals surface area contributed by atoms with Crippen LogP contribution in [0.1, 0.15) is 0 Å². The molecular weight excluding hydrogens is 152 g/mol. The van der Waals surface area contributed by atoms with Gasteiger partial charge in [-0.25, -0.2) is 9.97 Å². The maximum atomic E-state index is 3.94. The Labute approximate surface area is 72.6 Å². The van der Waals surface area contributed by atoms with E-state index in [1.54, 1.807) is 0 Å². The second kappa shape index (κ2) is 4.66. The highest BCUT2D eigenvalue weighted by atomic mass is 15.1. The number of nitrogens with one attached hydrogen (secondary N) is 1. The minimum Gasteiger partial charge on any atom is -0.371 e. The van der Waals surface area contributed by atoms with Crippen LogP contribution in [0, 0.1) is 0 Å². The van der Waals surface area contributed by atoms with Crippen LogP contribution in [-0.2, 0) is 0 Å². The lowest BCUT2D eigenvalue weighted by Gasteiger charge is -2.17. The fraction of sp³-hybridized carbons (Fsp3) is 0.500. The third kappa shape index (κ3) is 2.47. The molecule has 0 saturated heterocycles. The van der Waals surface area contributed by atoms with Crippen LogP contribution in [-0.4, -0.2) is 37.2 Å². The molecule has 0 radical (unpaired) electrons. The molecule has 0 spiro atoms. The normalized spacial score (nSPS) is 9.83. The van der Waals surface area contributed by atoms with Crippen molar-refractivity contribution in [3.8, 4) is 0 Å². The Balaban J connectivity index is 2.48. The average Bonchev–Trinajstić information content (AvgIpc) is 2.15. The summed E-state index contributed by atoms with van der Waals surface area (Å²) in [6, 6.07) is 0. The van der Waals surface area contributed by atoms with Crippen molar-refractivity contribution < 1.29 is 0 Å². The summed E-state index contributed by atoms with van der Waals surface area (Å²) in [4.78, 5) is 9.99. The summed E-state index contributed by atoms with van der Waals surface area (Å²) >= 11 is 0. The standard InChI is InChI=1S/C8H14N4/c1-9-3-4-12(2)8-5-10-7-11-6-8/h5-7,9H,3-4H2,1-2H3. The van der Waals surface area contributed by atoms with Gasteiger partial charge >= 0.3 is 0 Å². The lowest BCUT2D eigenvalue weighted by atomic mass is 10.4. The van der Waals surface area contributed by atoms with Crippen LogP contribution < -0.4 is 10.2 Å². The molecule has 1 aromatic heterocycles. The second-order valence-corrected chi connectivity index (χ2v) is 2.62. The maximum absolute atomic E-state index is 3.94. The largest absolute Gasteiger partial charge is 0.371 e. The molecule has 66 valence electrons. The third-order valence-electron chi connectivity index (χ3n) is 1.68. The summed E-state index contributed by atoms with van der Waals surface area (Å²) in [6.07, 6.45) is 5.15. The van der Waals surface area contributed by atoms with Gasteiger partial charge in [-0.1, -0.05) is 0 Å². The van der Waals surface area contributed by atoms with E-state index in [0.29, 0.717) is 0 Å². The van der Waals surface area contributed by atoms with Crippen molar-refractivity contribution in [2.45, 2.75) is 0 Å². The first-order chi connectivity index (χ1) is 5.84. The van der Waals surface area contributed by atoms with Crippen LogP contribution in [0.2, 0.25) is 0 Å². The van der Waals surface area contributed by atoms with Crippen LogP contribution in [0.4, 0.5) is 5.69 Å². The minimum atomic E-state index is 0.962. The number of nitrogens with zero attached hydrogens (tertiary/aromatic N) is 3. The van der Waals surface area contributed by atoms with E-state index < -0.39 is 0 Å². The van der Waals surface area contributed by atoms with Gasteiger partial charge in [0, 0.05) is 20.1 Å². The smallest absolute Gasteiger partial charge is 0.115 e. The van der Waals surface area contributed by atoms with E-state index in [2.05, 4.69) is 20.2 Å². The van der Waals surface area contributed by atoms with Crippen LogP contribution in [0.15, 0.2) is 18.7 Å². The summed E-state index contributed by atoms with van der Waals surface area (Å²) in [6.45, 7) is 1.93. The predicted molar refractivity (Wildman–Crippen MR) is 49.2 cm³/mol. The van der Waals surface area contributed by atoms with E-state index in [-0.39, 0.29) is 0 Å². The third-order valence-corrected chi connectivity index (χ3v) is 1.68. The Morgan fingerprint density at radius 2 is 2.08 bits per heavy atom. The number of anilines is 1. The molecule has 0 aliphatic carbocycles.